The van der Waals surface area contributed by atoms with Crippen molar-refractivity contribution in [1.82, 2.24) is 4.98 Å². The van der Waals surface area contributed by atoms with Crippen LogP contribution in [-0.4, -0.2) is 17.9 Å². The van der Waals surface area contributed by atoms with E-state index in [1.54, 1.807) is 24.5 Å². The number of hydrogen-bond donors (Lipinski definition) is 0. The molecule has 0 aliphatic rings. The summed E-state index contributed by atoms with van der Waals surface area (Å²) in [6.45, 7) is 6.37. The highest BCUT2D eigenvalue weighted by atomic mass is 32.1. The fraction of sp³-hybridized carbons (Fsp3) is 0.429. The topological polar surface area (TPSA) is 39.2 Å². The van der Waals surface area contributed by atoms with Gasteiger partial charge in [-0.05, 0) is 0 Å². The van der Waals surface area contributed by atoms with Gasteiger partial charge in [-0.15, -0.1) is 22.7 Å². The first kappa shape index (κ1) is 14.2. The Morgan fingerprint density at radius 1 is 1.32 bits per heavy atom. The van der Waals surface area contributed by atoms with Crippen molar-refractivity contribution < 1.29 is 9.53 Å². The third kappa shape index (κ3) is 3.42. The zero-order valence-electron chi connectivity index (χ0n) is 11.5. The van der Waals surface area contributed by atoms with E-state index in [0.717, 1.165) is 21.3 Å². The van der Waals surface area contributed by atoms with Crippen LogP contribution in [0.5, 0.6) is 5.75 Å². The van der Waals surface area contributed by atoms with Crippen LogP contribution in [0, 0.1) is 0 Å². The SMILES string of the molecule is COc1csc(C(=O)Cc2nc(C(C)(C)C)cs2)c1. The quantitative estimate of drug-likeness (QED) is 0.802. The Hall–Kier alpha value is -1.20. The molecule has 19 heavy (non-hydrogen) atoms. The maximum absolute atomic E-state index is 12.1. The molecule has 0 fully saturated rings. The summed E-state index contributed by atoms with van der Waals surface area (Å²) in [5, 5.41) is 4.76. The van der Waals surface area contributed by atoms with Crippen LogP contribution < -0.4 is 4.74 Å². The molecule has 0 saturated carbocycles. The second-order valence-corrected chi connectivity index (χ2v) is 7.18. The fourth-order valence-electron chi connectivity index (χ4n) is 1.53. The molecule has 0 unspecified atom stereocenters. The van der Waals surface area contributed by atoms with Crippen molar-refractivity contribution in [2.24, 2.45) is 0 Å². The van der Waals surface area contributed by atoms with Gasteiger partial charge in [-0.1, -0.05) is 20.8 Å². The van der Waals surface area contributed by atoms with Crippen LogP contribution in [0.2, 0.25) is 0 Å². The molecular formula is C14H17NO2S2. The van der Waals surface area contributed by atoms with Gasteiger partial charge in [0, 0.05) is 22.2 Å². The van der Waals surface area contributed by atoms with Gasteiger partial charge in [0.05, 0.1) is 24.1 Å². The number of nitrogens with zero attached hydrogens (tertiary/aromatic N) is 1. The van der Waals surface area contributed by atoms with Crippen LogP contribution in [0.4, 0.5) is 0 Å². The van der Waals surface area contributed by atoms with Crippen molar-refractivity contribution in [2.75, 3.05) is 7.11 Å². The van der Waals surface area contributed by atoms with E-state index in [-0.39, 0.29) is 11.2 Å². The van der Waals surface area contributed by atoms with Crippen molar-refractivity contribution in [1.29, 1.82) is 0 Å². The van der Waals surface area contributed by atoms with Crippen molar-refractivity contribution in [3.63, 3.8) is 0 Å². The van der Waals surface area contributed by atoms with Gasteiger partial charge < -0.3 is 4.74 Å². The van der Waals surface area contributed by atoms with Gasteiger partial charge in [0.2, 0.25) is 0 Å². The van der Waals surface area contributed by atoms with E-state index >= 15 is 0 Å². The lowest BCUT2D eigenvalue weighted by Gasteiger charge is -2.14. The number of methoxy groups -OCH3 is 1. The Bertz CT molecular complexity index is 578. The molecule has 0 spiro atoms. The van der Waals surface area contributed by atoms with Crippen molar-refractivity contribution >= 4 is 28.5 Å². The zero-order chi connectivity index (χ0) is 14.0. The van der Waals surface area contributed by atoms with E-state index in [0.29, 0.717) is 6.42 Å². The number of rotatable bonds is 4. The molecule has 0 radical (unpaired) electrons. The van der Waals surface area contributed by atoms with E-state index in [1.807, 2.05) is 10.8 Å². The summed E-state index contributed by atoms with van der Waals surface area (Å²) in [4.78, 5) is 17.4. The third-order valence-electron chi connectivity index (χ3n) is 2.72. The molecule has 2 aromatic heterocycles. The summed E-state index contributed by atoms with van der Waals surface area (Å²) in [5.41, 5.74) is 1.08. The molecule has 3 nitrogen and oxygen atoms in total. The molecule has 0 saturated heterocycles. The summed E-state index contributed by atoms with van der Waals surface area (Å²) in [6, 6.07) is 1.78. The molecule has 0 atom stereocenters. The predicted molar refractivity (Wildman–Crippen MR) is 79.7 cm³/mol. The van der Waals surface area contributed by atoms with Gasteiger partial charge in [-0.3, -0.25) is 4.79 Å². The molecule has 0 bridgehead atoms. The Morgan fingerprint density at radius 3 is 2.58 bits per heavy atom. The highest BCUT2D eigenvalue weighted by Gasteiger charge is 2.19. The van der Waals surface area contributed by atoms with Gasteiger partial charge in [0.1, 0.15) is 10.8 Å². The predicted octanol–water partition coefficient (Wildman–Crippen LogP) is 3.94. The molecular weight excluding hydrogens is 278 g/mol. The number of Topliss-reactive ketones (excluding diaryl/α,β-unsaturated/α-hetero) is 1. The number of aromatic nitrogens is 1. The van der Waals surface area contributed by atoms with E-state index in [2.05, 4.69) is 25.8 Å². The van der Waals surface area contributed by atoms with Gasteiger partial charge in [-0.25, -0.2) is 4.98 Å². The van der Waals surface area contributed by atoms with Gasteiger partial charge in [-0.2, -0.15) is 0 Å². The normalized spacial score (nSPS) is 11.6. The van der Waals surface area contributed by atoms with Gasteiger partial charge in [0.25, 0.3) is 0 Å². The average Bonchev–Trinajstić information content (AvgIpc) is 2.95. The number of hydrogen-bond acceptors (Lipinski definition) is 5. The van der Waals surface area contributed by atoms with Crippen LogP contribution >= 0.6 is 22.7 Å². The highest BCUT2D eigenvalue weighted by molar-refractivity contribution is 7.12. The minimum absolute atomic E-state index is 0.0317. The van der Waals surface area contributed by atoms with Crippen molar-refractivity contribution in [3.05, 3.63) is 32.4 Å². The van der Waals surface area contributed by atoms with Crippen molar-refractivity contribution in [3.8, 4) is 5.75 Å². The Labute approximate surface area is 121 Å². The lowest BCUT2D eigenvalue weighted by Crippen LogP contribution is -2.12. The lowest BCUT2D eigenvalue weighted by atomic mass is 9.93. The average molecular weight is 295 g/mol. The van der Waals surface area contributed by atoms with Crippen LogP contribution in [0.25, 0.3) is 0 Å². The zero-order valence-corrected chi connectivity index (χ0v) is 13.2. The van der Waals surface area contributed by atoms with E-state index in [9.17, 15) is 4.79 Å². The van der Waals surface area contributed by atoms with Crippen LogP contribution in [-0.2, 0) is 11.8 Å². The van der Waals surface area contributed by atoms with E-state index in [1.165, 1.54) is 11.3 Å². The first-order valence-corrected chi connectivity index (χ1v) is 7.76. The summed E-state index contributed by atoms with van der Waals surface area (Å²) >= 11 is 2.97. The maximum Gasteiger partial charge on any atom is 0.179 e. The van der Waals surface area contributed by atoms with Gasteiger partial charge >= 0.3 is 0 Å². The number of ketones is 1. The molecule has 0 aromatic carbocycles. The molecule has 102 valence electrons. The molecule has 5 heteroatoms. The number of thiazole rings is 1. The Kier molecular flexibility index (Phi) is 4.06. The molecule has 0 aliphatic heterocycles. The van der Waals surface area contributed by atoms with Gasteiger partial charge in [0.15, 0.2) is 5.78 Å². The summed E-state index contributed by atoms with van der Waals surface area (Å²) in [7, 11) is 1.60. The smallest absolute Gasteiger partial charge is 0.179 e. The van der Waals surface area contributed by atoms with Crippen LogP contribution in [0.15, 0.2) is 16.8 Å². The molecule has 2 heterocycles. The first-order chi connectivity index (χ1) is 8.90. The Balaban J connectivity index is 2.09. The molecule has 2 aromatic rings. The standard InChI is InChI=1S/C14H17NO2S2/c1-14(2,3)12-8-19-13(15-12)6-10(16)11-5-9(17-4)7-18-11/h5,7-8H,6H2,1-4H3. The number of carbonyl (C=O) groups excluding carboxylic acids is 1. The van der Waals surface area contributed by atoms with Crippen LogP contribution in [0.3, 0.4) is 0 Å². The number of carbonyl (C=O) groups is 1. The Morgan fingerprint density at radius 2 is 2.05 bits per heavy atom. The number of thiophene rings is 1. The monoisotopic (exact) mass is 295 g/mol. The third-order valence-corrected chi connectivity index (χ3v) is 4.52. The van der Waals surface area contributed by atoms with Crippen LogP contribution in [0.1, 0.15) is 41.1 Å². The maximum atomic E-state index is 12.1. The summed E-state index contributed by atoms with van der Waals surface area (Å²) < 4.78 is 5.09. The fourth-order valence-corrected chi connectivity index (χ4v) is 3.35. The molecule has 0 amide bonds. The van der Waals surface area contributed by atoms with Crippen molar-refractivity contribution in [2.45, 2.75) is 32.6 Å². The largest absolute Gasteiger partial charge is 0.496 e. The molecule has 2 rings (SSSR count). The first-order valence-electron chi connectivity index (χ1n) is 6.01. The molecule has 0 aliphatic carbocycles. The van der Waals surface area contributed by atoms with E-state index < -0.39 is 0 Å². The second-order valence-electron chi connectivity index (χ2n) is 5.33. The minimum Gasteiger partial charge on any atom is -0.496 e. The van der Waals surface area contributed by atoms with E-state index in [4.69, 9.17) is 4.74 Å². The highest BCUT2D eigenvalue weighted by Crippen LogP contribution is 2.26. The minimum atomic E-state index is 0.0317. The molecule has 0 N–H and O–H groups in total. The summed E-state index contributed by atoms with van der Waals surface area (Å²) in [5.74, 6) is 0.839. The summed E-state index contributed by atoms with van der Waals surface area (Å²) in [6.07, 6.45) is 0.365. The number of ether oxygens (including phenoxy) is 1. The lowest BCUT2D eigenvalue weighted by molar-refractivity contribution is 0.0996. The second kappa shape index (κ2) is 5.43.